The third-order valence-corrected chi connectivity index (χ3v) is 7.52. The zero-order valence-corrected chi connectivity index (χ0v) is 14.3. The van der Waals surface area contributed by atoms with Crippen LogP contribution in [0.15, 0.2) is 29.2 Å². The predicted octanol–water partition coefficient (Wildman–Crippen LogP) is 2.46. The first-order valence-corrected chi connectivity index (χ1v) is 9.44. The van der Waals surface area contributed by atoms with Gasteiger partial charge in [0.1, 0.15) is 0 Å². The Morgan fingerprint density at radius 1 is 1.18 bits per heavy atom. The number of aryl methyl sites for hydroxylation is 1. The number of hydrogen-bond acceptors (Lipinski definition) is 3. The number of rotatable bonds is 4. The molecule has 5 heteroatoms. The Bertz CT molecular complexity index is 666. The lowest BCUT2D eigenvalue weighted by atomic mass is 9.65. The molecule has 2 N–H and O–H groups in total. The average molecular weight is 323 g/mol. The van der Waals surface area contributed by atoms with Gasteiger partial charge in [0.15, 0.2) is 0 Å². The van der Waals surface area contributed by atoms with Gasteiger partial charge in [-0.25, -0.2) is 13.1 Å². The van der Waals surface area contributed by atoms with Crippen LogP contribution in [0.4, 0.5) is 0 Å². The molecule has 1 aromatic rings. The molecule has 22 heavy (non-hydrogen) atoms. The number of aliphatic hydroxyl groups is 1. The lowest BCUT2D eigenvalue weighted by Gasteiger charge is -2.46. The second-order valence-electron chi connectivity index (χ2n) is 7.49. The highest BCUT2D eigenvalue weighted by Gasteiger charge is 2.62. The average Bonchev–Trinajstić information content (AvgIpc) is 3.01. The molecule has 3 atom stereocenters. The molecule has 2 bridgehead atoms. The van der Waals surface area contributed by atoms with E-state index in [0.717, 1.165) is 24.8 Å². The van der Waals surface area contributed by atoms with E-state index in [9.17, 15) is 13.5 Å². The highest BCUT2D eigenvalue weighted by atomic mass is 32.2. The molecule has 3 rings (SSSR count). The molecule has 2 saturated carbocycles. The van der Waals surface area contributed by atoms with E-state index in [2.05, 4.69) is 18.6 Å². The molecule has 2 fully saturated rings. The Kier molecular flexibility index (Phi) is 3.66. The Hall–Kier alpha value is -0.910. The van der Waals surface area contributed by atoms with Gasteiger partial charge in [-0.1, -0.05) is 31.5 Å². The van der Waals surface area contributed by atoms with Crippen molar-refractivity contribution < 1.29 is 13.5 Å². The van der Waals surface area contributed by atoms with E-state index in [4.69, 9.17) is 0 Å². The SMILES string of the molecule is Cc1ccc(S(=O)(=O)NC[C@]2(O)[C@@H]3CC[C@@H](C3)C2(C)C)cc1. The van der Waals surface area contributed by atoms with Crippen LogP contribution in [0.5, 0.6) is 0 Å². The minimum Gasteiger partial charge on any atom is -0.388 e. The van der Waals surface area contributed by atoms with E-state index in [1.807, 2.05) is 6.92 Å². The van der Waals surface area contributed by atoms with Crippen LogP contribution in [0.2, 0.25) is 0 Å². The second-order valence-corrected chi connectivity index (χ2v) is 9.26. The molecule has 2 aliphatic rings. The first kappa shape index (κ1) is 16.0. The highest BCUT2D eigenvalue weighted by molar-refractivity contribution is 7.89. The summed E-state index contributed by atoms with van der Waals surface area (Å²) in [6, 6.07) is 6.77. The van der Waals surface area contributed by atoms with Crippen molar-refractivity contribution in [2.45, 2.75) is 50.5 Å². The molecule has 1 aromatic carbocycles. The molecule has 0 aromatic heterocycles. The van der Waals surface area contributed by atoms with Gasteiger partial charge < -0.3 is 5.11 Å². The highest BCUT2D eigenvalue weighted by Crippen LogP contribution is 2.61. The van der Waals surface area contributed by atoms with Crippen molar-refractivity contribution in [3.05, 3.63) is 29.8 Å². The van der Waals surface area contributed by atoms with Gasteiger partial charge >= 0.3 is 0 Å². The third kappa shape index (κ3) is 2.30. The Labute approximate surface area is 133 Å². The van der Waals surface area contributed by atoms with E-state index in [0.29, 0.717) is 5.92 Å². The zero-order valence-electron chi connectivity index (χ0n) is 13.5. The molecular weight excluding hydrogens is 298 g/mol. The first-order valence-electron chi connectivity index (χ1n) is 7.95. The molecule has 4 nitrogen and oxygen atoms in total. The molecular formula is C17H25NO3S. The second kappa shape index (κ2) is 5.05. The van der Waals surface area contributed by atoms with Gasteiger partial charge in [-0.2, -0.15) is 0 Å². The number of benzene rings is 1. The van der Waals surface area contributed by atoms with Crippen molar-refractivity contribution in [2.75, 3.05) is 6.54 Å². The standard InChI is InChI=1S/C17H25NO3S/c1-12-4-8-15(9-5-12)22(20,21)18-11-17(19)14-7-6-13(10-14)16(17,2)3/h4-5,8-9,13-14,18-19H,6-7,10-11H2,1-3H3/t13-,14+,17-/m0/s1. The summed E-state index contributed by atoms with van der Waals surface area (Å²) in [4.78, 5) is 0.252. The fraction of sp³-hybridized carbons (Fsp3) is 0.647. The van der Waals surface area contributed by atoms with E-state index in [1.165, 1.54) is 0 Å². The van der Waals surface area contributed by atoms with Crippen molar-refractivity contribution in [3.8, 4) is 0 Å². The molecule has 0 radical (unpaired) electrons. The zero-order chi connectivity index (χ0) is 16.2. The summed E-state index contributed by atoms with van der Waals surface area (Å²) in [7, 11) is -3.58. The smallest absolute Gasteiger partial charge is 0.240 e. The monoisotopic (exact) mass is 323 g/mol. The van der Waals surface area contributed by atoms with Crippen LogP contribution in [0.25, 0.3) is 0 Å². The topological polar surface area (TPSA) is 66.4 Å². The largest absolute Gasteiger partial charge is 0.388 e. The van der Waals surface area contributed by atoms with Crippen molar-refractivity contribution in [1.29, 1.82) is 0 Å². The number of fused-ring (bicyclic) bond motifs is 2. The summed E-state index contributed by atoms with van der Waals surface area (Å²) in [5.41, 5.74) is -0.175. The van der Waals surface area contributed by atoms with Crippen LogP contribution in [0.3, 0.4) is 0 Å². The third-order valence-electron chi connectivity index (χ3n) is 6.11. The Morgan fingerprint density at radius 3 is 2.32 bits per heavy atom. The van der Waals surface area contributed by atoms with Crippen molar-refractivity contribution in [1.82, 2.24) is 4.72 Å². The molecule has 0 aliphatic heterocycles. The summed E-state index contributed by atoms with van der Waals surface area (Å²) >= 11 is 0. The maximum absolute atomic E-state index is 12.4. The lowest BCUT2D eigenvalue weighted by molar-refractivity contribution is -0.100. The summed E-state index contributed by atoms with van der Waals surface area (Å²) in [5, 5.41) is 11.1. The van der Waals surface area contributed by atoms with Crippen molar-refractivity contribution in [3.63, 3.8) is 0 Å². The number of hydrogen-bond donors (Lipinski definition) is 2. The maximum atomic E-state index is 12.4. The van der Waals surface area contributed by atoms with Gasteiger partial charge in [0.25, 0.3) is 0 Å². The lowest BCUT2D eigenvalue weighted by Crippen LogP contribution is -2.56. The van der Waals surface area contributed by atoms with E-state index < -0.39 is 15.6 Å². The minimum atomic E-state index is -3.58. The summed E-state index contributed by atoms with van der Waals surface area (Å²) < 4.78 is 27.5. The minimum absolute atomic E-state index is 0.0946. The van der Waals surface area contributed by atoms with Gasteiger partial charge in [-0.05, 0) is 55.6 Å². The van der Waals surface area contributed by atoms with Crippen LogP contribution >= 0.6 is 0 Å². The van der Waals surface area contributed by atoms with Crippen LogP contribution in [-0.4, -0.2) is 25.7 Å². The predicted molar refractivity (Wildman–Crippen MR) is 85.9 cm³/mol. The van der Waals surface area contributed by atoms with Crippen LogP contribution in [0, 0.1) is 24.2 Å². The van der Waals surface area contributed by atoms with Crippen LogP contribution in [-0.2, 0) is 10.0 Å². The fourth-order valence-corrected chi connectivity index (χ4v) is 5.40. The summed E-state index contributed by atoms with van der Waals surface area (Å²) in [6.07, 6.45) is 3.15. The molecule has 2 aliphatic carbocycles. The maximum Gasteiger partial charge on any atom is 0.240 e. The Morgan fingerprint density at radius 2 is 1.77 bits per heavy atom. The number of nitrogens with one attached hydrogen (secondary N) is 1. The van der Waals surface area contributed by atoms with E-state index >= 15 is 0 Å². The van der Waals surface area contributed by atoms with Gasteiger partial charge in [0.05, 0.1) is 10.5 Å². The summed E-state index contributed by atoms with van der Waals surface area (Å²) in [5.74, 6) is 0.694. The molecule has 0 amide bonds. The molecule has 122 valence electrons. The van der Waals surface area contributed by atoms with E-state index in [-0.39, 0.29) is 22.8 Å². The number of sulfonamides is 1. The van der Waals surface area contributed by atoms with Crippen molar-refractivity contribution >= 4 is 10.0 Å². The fourth-order valence-electron chi connectivity index (χ4n) is 4.33. The van der Waals surface area contributed by atoms with Crippen molar-refractivity contribution in [2.24, 2.45) is 17.3 Å². The molecule has 0 saturated heterocycles. The molecule has 0 unspecified atom stereocenters. The quantitative estimate of drug-likeness (QED) is 0.894. The molecule has 0 heterocycles. The van der Waals surface area contributed by atoms with Crippen LogP contribution in [0.1, 0.15) is 38.7 Å². The summed E-state index contributed by atoms with van der Waals surface area (Å²) in [6.45, 7) is 6.15. The van der Waals surface area contributed by atoms with Crippen LogP contribution < -0.4 is 4.72 Å². The van der Waals surface area contributed by atoms with Gasteiger partial charge in [0.2, 0.25) is 10.0 Å². The Balaban J connectivity index is 1.78. The van der Waals surface area contributed by atoms with Gasteiger partial charge in [-0.3, -0.25) is 0 Å². The normalized spacial score (nSPS) is 33.3. The molecule has 0 spiro atoms. The van der Waals surface area contributed by atoms with Gasteiger partial charge in [0, 0.05) is 6.54 Å². The van der Waals surface area contributed by atoms with E-state index in [1.54, 1.807) is 24.3 Å². The first-order chi connectivity index (χ1) is 10.2. The van der Waals surface area contributed by atoms with Gasteiger partial charge in [-0.15, -0.1) is 0 Å².